The predicted molar refractivity (Wildman–Crippen MR) is 75.5 cm³/mol. The molecule has 0 aliphatic heterocycles. The van der Waals surface area contributed by atoms with Crippen molar-refractivity contribution in [2.75, 3.05) is 0 Å². The molecule has 6 nitrogen and oxygen atoms in total. The maximum Gasteiger partial charge on any atom is 0.384 e. The van der Waals surface area contributed by atoms with E-state index >= 15 is 0 Å². The Labute approximate surface area is 123 Å². The van der Waals surface area contributed by atoms with Gasteiger partial charge in [0.25, 0.3) is 0 Å². The highest BCUT2D eigenvalue weighted by Crippen LogP contribution is 2.75. The molecule has 0 spiro atoms. The second-order valence-electron chi connectivity index (χ2n) is 4.59. The Morgan fingerprint density at radius 3 is 1.95 bits per heavy atom. The van der Waals surface area contributed by atoms with Crippen molar-refractivity contribution in [3.63, 3.8) is 0 Å². The number of hydrogen-bond acceptors (Lipinski definition) is 3. The van der Waals surface area contributed by atoms with E-state index in [0.29, 0.717) is 10.8 Å². The molecule has 10 heteroatoms. The number of fused-ring (bicyclic) bond motifs is 1. The lowest BCUT2D eigenvalue weighted by atomic mass is 10.0. The minimum atomic E-state index is -5.70. The molecule has 0 bridgehead atoms. The number of rotatable bonds is 4. The Morgan fingerprint density at radius 1 is 0.955 bits per heavy atom. The van der Waals surface area contributed by atoms with Gasteiger partial charge in [0.2, 0.25) is 0 Å². The van der Waals surface area contributed by atoms with Gasteiger partial charge in [-0.3, -0.25) is 9.13 Å². The fourth-order valence-corrected chi connectivity index (χ4v) is 4.56. The Kier molecular flexibility index (Phi) is 4.24. The minimum absolute atomic E-state index is 0.0200. The van der Waals surface area contributed by atoms with Crippen molar-refractivity contribution in [2.24, 2.45) is 0 Å². The van der Waals surface area contributed by atoms with E-state index in [-0.39, 0.29) is 5.56 Å². The molecule has 0 saturated heterocycles. The molecule has 0 amide bonds. The number of halogens is 2. The lowest BCUT2D eigenvalue weighted by Gasteiger charge is -2.17. The van der Waals surface area contributed by atoms with Gasteiger partial charge in [-0.05, 0) is 34.5 Å². The number of carboxylic acid groups (broad SMARTS) is 1. The molecule has 0 aliphatic rings. The van der Waals surface area contributed by atoms with Crippen LogP contribution in [-0.4, -0.2) is 20.9 Å². The average Bonchev–Trinajstić information content (AvgIpc) is 2.34. The van der Waals surface area contributed by atoms with Crippen LogP contribution in [0.4, 0.5) is 8.39 Å². The Hall–Kier alpha value is -1.59. The Balaban J connectivity index is 2.62. The van der Waals surface area contributed by atoms with Crippen LogP contribution in [0.3, 0.4) is 0 Å². The monoisotopic (exact) mass is 350 g/mol. The summed E-state index contributed by atoms with van der Waals surface area (Å²) in [6.45, 7) is 0. The molecule has 22 heavy (non-hydrogen) atoms. The van der Waals surface area contributed by atoms with Crippen molar-refractivity contribution in [3.05, 3.63) is 47.5 Å². The van der Waals surface area contributed by atoms with Gasteiger partial charge in [0, 0.05) is 0 Å². The lowest BCUT2D eigenvalue weighted by Crippen LogP contribution is -1.98. The molecule has 0 radical (unpaired) electrons. The Bertz CT molecular complexity index is 819. The molecule has 0 fully saturated rings. The van der Waals surface area contributed by atoms with E-state index in [9.17, 15) is 22.3 Å². The van der Waals surface area contributed by atoms with Crippen LogP contribution in [0.5, 0.6) is 0 Å². The van der Waals surface area contributed by atoms with Gasteiger partial charge < -0.3 is 14.9 Å². The Morgan fingerprint density at radius 2 is 1.45 bits per heavy atom. The summed E-state index contributed by atoms with van der Waals surface area (Å²) >= 11 is 0. The first-order chi connectivity index (χ1) is 10.00. The second-order valence-corrected chi connectivity index (χ2v) is 8.21. The first kappa shape index (κ1) is 16.8. The SMILES string of the molecule is O=C(O)c1ccc2cc(C(P(=O)(O)F)P(=O)(O)F)ccc2c1. The van der Waals surface area contributed by atoms with Crippen molar-refractivity contribution in [1.29, 1.82) is 0 Å². The molecular weight excluding hydrogens is 340 g/mol. The van der Waals surface area contributed by atoms with E-state index < -0.39 is 32.3 Å². The number of aromatic carboxylic acids is 1. The maximum atomic E-state index is 13.3. The van der Waals surface area contributed by atoms with Crippen LogP contribution in [0.1, 0.15) is 21.3 Å². The summed E-state index contributed by atoms with van der Waals surface area (Å²) in [5.41, 5.74) is -0.481. The van der Waals surface area contributed by atoms with E-state index in [2.05, 4.69) is 0 Å². The molecular formula is C12H10F2O6P2. The highest BCUT2D eigenvalue weighted by Gasteiger charge is 2.47. The fourth-order valence-electron chi connectivity index (χ4n) is 2.10. The first-order valence-electron chi connectivity index (χ1n) is 5.81. The van der Waals surface area contributed by atoms with Crippen molar-refractivity contribution in [2.45, 2.75) is 5.40 Å². The van der Waals surface area contributed by atoms with Crippen LogP contribution in [-0.2, 0) is 9.13 Å². The number of carboxylic acids is 1. The molecule has 2 unspecified atom stereocenters. The number of benzene rings is 2. The number of hydrogen-bond donors (Lipinski definition) is 3. The molecule has 3 N–H and O–H groups in total. The van der Waals surface area contributed by atoms with Crippen molar-refractivity contribution < 1.29 is 37.2 Å². The van der Waals surface area contributed by atoms with E-state index in [4.69, 9.17) is 14.9 Å². The highest BCUT2D eigenvalue weighted by atomic mass is 31.3. The van der Waals surface area contributed by atoms with E-state index in [1.807, 2.05) is 0 Å². The van der Waals surface area contributed by atoms with Crippen LogP contribution in [0.15, 0.2) is 36.4 Å². The molecule has 118 valence electrons. The summed E-state index contributed by atoms with van der Waals surface area (Å²) in [6.07, 6.45) is 0. The van der Waals surface area contributed by atoms with Gasteiger partial charge in [0.1, 0.15) is 0 Å². The molecule has 2 atom stereocenters. The first-order valence-corrected chi connectivity index (χ1v) is 9.05. The molecule has 0 heterocycles. The van der Waals surface area contributed by atoms with E-state index in [1.54, 1.807) is 0 Å². The van der Waals surface area contributed by atoms with Gasteiger partial charge >= 0.3 is 21.3 Å². The predicted octanol–water partition coefficient (Wildman–Crippen LogP) is 3.85. The van der Waals surface area contributed by atoms with Gasteiger partial charge in [-0.2, -0.15) is 8.39 Å². The molecule has 0 aliphatic carbocycles. The molecule has 2 rings (SSSR count). The average molecular weight is 350 g/mol. The minimum Gasteiger partial charge on any atom is -0.478 e. The third kappa shape index (κ3) is 3.42. The van der Waals surface area contributed by atoms with Crippen LogP contribution in [0.2, 0.25) is 0 Å². The zero-order valence-corrected chi connectivity index (χ0v) is 12.5. The standard InChI is InChI=1S/C12H10F2O6P2/c13-21(17,18)12(22(14,19)20)10-4-2-7-5-9(11(15)16)3-1-8(7)6-10/h1-6,12H,(H,15,16)(H,17,18)(H,19,20). The van der Waals surface area contributed by atoms with Gasteiger partial charge in [-0.1, -0.05) is 18.2 Å². The topological polar surface area (TPSA) is 112 Å². The van der Waals surface area contributed by atoms with E-state index in [1.165, 1.54) is 24.3 Å². The smallest absolute Gasteiger partial charge is 0.384 e. The summed E-state index contributed by atoms with van der Waals surface area (Å²) in [5.74, 6) is -1.17. The normalized spacial score (nSPS) is 18.4. The summed E-state index contributed by atoms with van der Waals surface area (Å²) in [7, 11) is -11.4. The van der Waals surface area contributed by atoms with Crippen molar-refractivity contribution >= 4 is 32.1 Å². The van der Waals surface area contributed by atoms with Crippen molar-refractivity contribution in [1.82, 2.24) is 0 Å². The van der Waals surface area contributed by atoms with Crippen LogP contribution < -0.4 is 0 Å². The molecule has 0 aromatic heterocycles. The van der Waals surface area contributed by atoms with Gasteiger partial charge in [0.15, 0.2) is 5.40 Å². The van der Waals surface area contributed by atoms with Crippen LogP contribution >= 0.6 is 15.4 Å². The molecule has 0 saturated carbocycles. The lowest BCUT2D eigenvalue weighted by molar-refractivity contribution is 0.0697. The maximum absolute atomic E-state index is 13.3. The quantitative estimate of drug-likeness (QED) is 0.722. The molecule has 2 aromatic rings. The van der Waals surface area contributed by atoms with Gasteiger partial charge in [-0.25, -0.2) is 4.79 Å². The zero-order chi connectivity index (χ0) is 16.7. The summed E-state index contributed by atoms with van der Waals surface area (Å²) in [6, 6.07) is 7.15. The summed E-state index contributed by atoms with van der Waals surface area (Å²) in [4.78, 5) is 28.6. The van der Waals surface area contributed by atoms with E-state index in [0.717, 1.165) is 12.1 Å². The highest BCUT2D eigenvalue weighted by molar-refractivity contribution is 7.70. The fraction of sp³-hybridized carbons (Fsp3) is 0.0833. The summed E-state index contributed by atoms with van der Waals surface area (Å²) < 4.78 is 48.7. The largest absolute Gasteiger partial charge is 0.478 e. The zero-order valence-electron chi connectivity index (χ0n) is 10.8. The van der Waals surface area contributed by atoms with Gasteiger partial charge in [-0.15, -0.1) is 0 Å². The molecule has 2 aromatic carbocycles. The van der Waals surface area contributed by atoms with Crippen molar-refractivity contribution in [3.8, 4) is 0 Å². The third-order valence-corrected chi connectivity index (χ3v) is 6.52. The number of carbonyl (C=O) groups is 1. The van der Waals surface area contributed by atoms with Crippen LogP contribution in [0, 0.1) is 0 Å². The third-order valence-electron chi connectivity index (χ3n) is 3.01. The summed E-state index contributed by atoms with van der Waals surface area (Å²) in [5, 5.41) is 6.86. The van der Waals surface area contributed by atoms with Crippen LogP contribution in [0.25, 0.3) is 10.8 Å². The second kappa shape index (κ2) is 5.56. The van der Waals surface area contributed by atoms with Gasteiger partial charge in [0.05, 0.1) is 5.56 Å².